The highest BCUT2D eigenvalue weighted by molar-refractivity contribution is 4.90. The molecule has 2 aliphatic rings. The lowest BCUT2D eigenvalue weighted by Gasteiger charge is -2.46. The van der Waals surface area contributed by atoms with Gasteiger partial charge in [-0.25, -0.2) is 0 Å². The number of nitrogens with zero attached hydrogens (tertiary/aromatic N) is 2. The van der Waals surface area contributed by atoms with Gasteiger partial charge in [0.2, 0.25) is 0 Å². The van der Waals surface area contributed by atoms with Gasteiger partial charge in [0.15, 0.2) is 0 Å². The molecule has 0 spiro atoms. The first-order chi connectivity index (χ1) is 9.30. The molecular weight excluding hydrogens is 246 g/mol. The Bertz CT molecular complexity index is 295. The summed E-state index contributed by atoms with van der Waals surface area (Å²) in [7, 11) is 2.34. The van der Waals surface area contributed by atoms with Crippen LogP contribution in [0.2, 0.25) is 0 Å². The van der Waals surface area contributed by atoms with E-state index in [0.29, 0.717) is 11.0 Å². The maximum Gasteiger partial charge on any atom is 0.0281 e. The number of likely N-dealkylation sites (N-methyl/N-ethyl adjacent to an activating group) is 1. The van der Waals surface area contributed by atoms with Gasteiger partial charge in [-0.3, -0.25) is 4.90 Å². The molecule has 118 valence electrons. The Kier molecular flexibility index (Phi) is 5.14. The standard InChI is InChI=1S/C17H35N3/c1-16(2)8-6-15(7-9-16)19(5)14-17(3,4)20-12-10-18-11-13-20/h15,18H,6-14H2,1-5H3. The molecule has 0 aromatic carbocycles. The first kappa shape index (κ1) is 16.3. The van der Waals surface area contributed by atoms with E-state index >= 15 is 0 Å². The fraction of sp³-hybridized carbons (Fsp3) is 1.00. The van der Waals surface area contributed by atoms with Crippen molar-refractivity contribution in [2.75, 3.05) is 39.8 Å². The van der Waals surface area contributed by atoms with E-state index in [2.05, 4.69) is 49.9 Å². The van der Waals surface area contributed by atoms with E-state index < -0.39 is 0 Å². The maximum atomic E-state index is 3.46. The second kappa shape index (κ2) is 6.33. The topological polar surface area (TPSA) is 18.5 Å². The van der Waals surface area contributed by atoms with Crippen molar-refractivity contribution in [1.29, 1.82) is 0 Å². The van der Waals surface area contributed by atoms with Gasteiger partial charge in [0.1, 0.15) is 0 Å². The smallest absolute Gasteiger partial charge is 0.0281 e. The van der Waals surface area contributed by atoms with Crippen LogP contribution >= 0.6 is 0 Å². The molecule has 0 atom stereocenters. The molecule has 3 nitrogen and oxygen atoms in total. The number of nitrogens with one attached hydrogen (secondary N) is 1. The van der Waals surface area contributed by atoms with Crippen molar-refractivity contribution >= 4 is 0 Å². The van der Waals surface area contributed by atoms with Gasteiger partial charge in [0.25, 0.3) is 0 Å². The molecule has 1 saturated heterocycles. The lowest BCUT2D eigenvalue weighted by Crippen LogP contribution is -2.58. The number of piperazine rings is 1. The van der Waals surface area contributed by atoms with Gasteiger partial charge in [-0.1, -0.05) is 13.8 Å². The van der Waals surface area contributed by atoms with E-state index in [9.17, 15) is 0 Å². The van der Waals surface area contributed by atoms with Gasteiger partial charge in [0.05, 0.1) is 0 Å². The highest BCUT2D eigenvalue weighted by Crippen LogP contribution is 2.37. The van der Waals surface area contributed by atoms with E-state index in [1.54, 1.807) is 0 Å². The third-order valence-electron chi connectivity index (χ3n) is 5.54. The highest BCUT2D eigenvalue weighted by atomic mass is 15.3. The second-order valence-electron chi connectivity index (χ2n) is 8.36. The highest BCUT2D eigenvalue weighted by Gasteiger charge is 2.33. The first-order valence-electron chi connectivity index (χ1n) is 8.46. The molecule has 0 unspecified atom stereocenters. The minimum absolute atomic E-state index is 0.295. The van der Waals surface area contributed by atoms with Crippen LogP contribution in [-0.4, -0.2) is 61.2 Å². The summed E-state index contributed by atoms with van der Waals surface area (Å²) in [6, 6.07) is 0.796. The van der Waals surface area contributed by atoms with Crippen LogP contribution in [0.25, 0.3) is 0 Å². The monoisotopic (exact) mass is 281 g/mol. The zero-order valence-electron chi connectivity index (χ0n) is 14.3. The van der Waals surface area contributed by atoms with E-state index in [1.807, 2.05) is 0 Å². The molecule has 3 heteroatoms. The molecular formula is C17H35N3. The summed E-state index contributed by atoms with van der Waals surface area (Å²) in [5.74, 6) is 0. The van der Waals surface area contributed by atoms with Crippen LogP contribution < -0.4 is 5.32 Å². The molecule has 2 fully saturated rings. The van der Waals surface area contributed by atoms with Crippen molar-refractivity contribution in [3.05, 3.63) is 0 Å². The summed E-state index contributed by atoms with van der Waals surface area (Å²) in [5, 5.41) is 3.46. The molecule has 20 heavy (non-hydrogen) atoms. The van der Waals surface area contributed by atoms with Crippen LogP contribution in [0.15, 0.2) is 0 Å². The summed E-state index contributed by atoms with van der Waals surface area (Å²) in [6.07, 6.45) is 5.52. The zero-order chi connectivity index (χ0) is 14.8. The zero-order valence-corrected chi connectivity index (χ0v) is 14.3. The average molecular weight is 281 g/mol. The van der Waals surface area contributed by atoms with Crippen LogP contribution in [-0.2, 0) is 0 Å². The van der Waals surface area contributed by atoms with Gasteiger partial charge >= 0.3 is 0 Å². The Morgan fingerprint density at radius 1 is 1.15 bits per heavy atom. The minimum Gasteiger partial charge on any atom is -0.314 e. The van der Waals surface area contributed by atoms with Crippen molar-refractivity contribution in [3.8, 4) is 0 Å². The SMILES string of the molecule is CN(CC(C)(C)N1CCNCC1)C1CCC(C)(C)CC1. The molecule has 0 aromatic rings. The van der Waals surface area contributed by atoms with Crippen molar-refractivity contribution in [2.45, 2.75) is 65.0 Å². The second-order valence-corrected chi connectivity index (χ2v) is 8.36. The average Bonchev–Trinajstić information content (AvgIpc) is 2.39. The van der Waals surface area contributed by atoms with Crippen LogP contribution in [0.5, 0.6) is 0 Å². The van der Waals surface area contributed by atoms with Crippen LogP contribution in [0.4, 0.5) is 0 Å². The lowest BCUT2D eigenvalue weighted by molar-refractivity contribution is 0.0414. The molecule has 1 heterocycles. The lowest BCUT2D eigenvalue weighted by atomic mass is 9.75. The molecule has 1 saturated carbocycles. The van der Waals surface area contributed by atoms with Gasteiger partial charge in [0, 0.05) is 44.3 Å². The normalized spacial score (nSPS) is 26.1. The Morgan fingerprint density at radius 3 is 2.25 bits per heavy atom. The van der Waals surface area contributed by atoms with Crippen molar-refractivity contribution in [3.63, 3.8) is 0 Å². The molecule has 0 amide bonds. The van der Waals surface area contributed by atoms with Crippen LogP contribution in [0, 0.1) is 5.41 Å². The third kappa shape index (κ3) is 4.19. The molecule has 1 aliphatic heterocycles. The fourth-order valence-corrected chi connectivity index (χ4v) is 3.93. The predicted molar refractivity (Wildman–Crippen MR) is 87.2 cm³/mol. The summed E-state index contributed by atoms with van der Waals surface area (Å²) in [6.45, 7) is 15.6. The summed E-state index contributed by atoms with van der Waals surface area (Å²) in [5.41, 5.74) is 0.870. The van der Waals surface area contributed by atoms with Crippen molar-refractivity contribution < 1.29 is 0 Å². The van der Waals surface area contributed by atoms with E-state index in [1.165, 1.54) is 45.3 Å². The molecule has 0 aromatic heterocycles. The minimum atomic E-state index is 0.295. The third-order valence-corrected chi connectivity index (χ3v) is 5.54. The molecule has 1 aliphatic carbocycles. The number of hydrogen-bond donors (Lipinski definition) is 1. The maximum absolute atomic E-state index is 3.46. The molecule has 1 N–H and O–H groups in total. The van der Waals surface area contributed by atoms with Crippen molar-refractivity contribution in [2.24, 2.45) is 5.41 Å². The summed E-state index contributed by atoms with van der Waals surface area (Å²) < 4.78 is 0. The van der Waals surface area contributed by atoms with Crippen molar-refractivity contribution in [1.82, 2.24) is 15.1 Å². The first-order valence-corrected chi connectivity index (χ1v) is 8.46. The summed E-state index contributed by atoms with van der Waals surface area (Å²) in [4.78, 5) is 5.30. The molecule has 0 radical (unpaired) electrons. The van der Waals surface area contributed by atoms with Crippen LogP contribution in [0.1, 0.15) is 53.4 Å². The quantitative estimate of drug-likeness (QED) is 0.854. The largest absolute Gasteiger partial charge is 0.314 e. The fourth-order valence-electron chi connectivity index (χ4n) is 3.93. The predicted octanol–water partition coefficient (Wildman–Crippen LogP) is 2.57. The number of hydrogen-bond acceptors (Lipinski definition) is 3. The van der Waals surface area contributed by atoms with Gasteiger partial charge in [-0.2, -0.15) is 0 Å². The van der Waals surface area contributed by atoms with E-state index in [0.717, 1.165) is 19.1 Å². The van der Waals surface area contributed by atoms with Crippen LogP contribution in [0.3, 0.4) is 0 Å². The summed E-state index contributed by atoms with van der Waals surface area (Å²) >= 11 is 0. The van der Waals surface area contributed by atoms with Gasteiger partial charge in [-0.15, -0.1) is 0 Å². The Balaban J connectivity index is 1.85. The van der Waals surface area contributed by atoms with Gasteiger partial charge in [-0.05, 0) is 52.0 Å². The Morgan fingerprint density at radius 2 is 1.70 bits per heavy atom. The van der Waals surface area contributed by atoms with E-state index in [-0.39, 0.29) is 0 Å². The van der Waals surface area contributed by atoms with Gasteiger partial charge < -0.3 is 10.2 Å². The Labute approximate surface area is 126 Å². The molecule has 2 rings (SSSR count). The molecule has 0 bridgehead atoms. The van der Waals surface area contributed by atoms with E-state index in [4.69, 9.17) is 0 Å². The number of rotatable bonds is 4. The Hall–Kier alpha value is -0.120.